The summed E-state index contributed by atoms with van der Waals surface area (Å²) in [6, 6.07) is -0.718. The van der Waals surface area contributed by atoms with E-state index >= 15 is 0 Å². The molecule has 10 heteroatoms. The van der Waals surface area contributed by atoms with E-state index in [9.17, 15) is 13.2 Å². The average Bonchev–Trinajstić information content (AvgIpc) is 3.10. The van der Waals surface area contributed by atoms with Gasteiger partial charge in [-0.25, -0.2) is 13.2 Å². The molecular weight excluding hydrogens is 346 g/mol. The number of amides is 2. The number of carbonyl (C=O) groups excluding carboxylic acids is 1. The SMILES string of the molecule is CC(C)c1nnc(CN2CCN(C(=O)N(C)C)C3CS(=O)(=O)CC32)o1. The molecule has 3 rings (SSSR count). The Kier molecular flexibility index (Phi) is 4.76. The number of aromatic nitrogens is 2. The number of hydrogen-bond acceptors (Lipinski definition) is 7. The highest BCUT2D eigenvalue weighted by atomic mass is 32.2. The summed E-state index contributed by atoms with van der Waals surface area (Å²) in [4.78, 5) is 17.6. The van der Waals surface area contributed by atoms with Crippen LogP contribution in [-0.2, 0) is 16.4 Å². The molecule has 2 aliphatic heterocycles. The highest BCUT2D eigenvalue weighted by Gasteiger charge is 2.48. The molecule has 0 saturated carbocycles. The molecule has 140 valence electrons. The first-order valence-corrected chi connectivity index (χ1v) is 10.2. The maximum atomic E-state index is 12.4. The quantitative estimate of drug-likeness (QED) is 0.746. The minimum atomic E-state index is -3.18. The predicted molar refractivity (Wildman–Crippen MR) is 90.8 cm³/mol. The van der Waals surface area contributed by atoms with E-state index in [1.165, 1.54) is 4.90 Å². The Morgan fingerprint density at radius 3 is 2.52 bits per heavy atom. The number of rotatable bonds is 3. The lowest BCUT2D eigenvalue weighted by atomic mass is 10.1. The number of hydrogen-bond donors (Lipinski definition) is 0. The van der Waals surface area contributed by atoms with E-state index in [1.807, 2.05) is 18.7 Å². The van der Waals surface area contributed by atoms with Gasteiger partial charge in [-0.1, -0.05) is 13.8 Å². The van der Waals surface area contributed by atoms with Crippen LogP contribution >= 0.6 is 0 Å². The minimum Gasteiger partial charge on any atom is -0.424 e. The van der Waals surface area contributed by atoms with Crippen LogP contribution in [0.1, 0.15) is 31.5 Å². The molecule has 1 aromatic heterocycles. The molecule has 3 heterocycles. The van der Waals surface area contributed by atoms with Crippen molar-refractivity contribution in [2.24, 2.45) is 0 Å². The topological polar surface area (TPSA) is 99.9 Å². The standard InChI is InChI=1S/C15H25N5O4S/c1-10(2)14-17-16-13(24-14)7-19-5-6-20(15(21)18(3)4)12-9-25(22,23)8-11(12)19/h10-12H,5-9H2,1-4H3. The van der Waals surface area contributed by atoms with Gasteiger partial charge in [0, 0.05) is 39.1 Å². The van der Waals surface area contributed by atoms with E-state index < -0.39 is 9.84 Å². The van der Waals surface area contributed by atoms with Gasteiger partial charge in [-0.15, -0.1) is 10.2 Å². The summed E-state index contributed by atoms with van der Waals surface area (Å²) >= 11 is 0. The second kappa shape index (κ2) is 6.56. The van der Waals surface area contributed by atoms with Gasteiger partial charge in [0.05, 0.1) is 24.1 Å². The van der Waals surface area contributed by atoms with E-state index in [4.69, 9.17) is 4.42 Å². The normalized spacial score (nSPS) is 26.0. The zero-order valence-electron chi connectivity index (χ0n) is 15.0. The van der Waals surface area contributed by atoms with Gasteiger partial charge in [-0.2, -0.15) is 0 Å². The van der Waals surface area contributed by atoms with Crippen molar-refractivity contribution in [3.05, 3.63) is 11.8 Å². The Bertz CT molecular complexity index is 745. The van der Waals surface area contributed by atoms with Gasteiger partial charge in [-0.05, 0) is 0 Å². The van der Waals surface area contributed by atoms with Crippen molar-refractivity contribution in [1.82, 2.24) is 24.9 Å². The van der Waals surface area contributed by atoms with Crippen LogP contribution in [-0.4, -0.2) is 90.1 Å². The van der Waals surface area contributed by atoms with E-state index in [1.54, 1.807) is 19.0 Å². The van der Waals surface area contributed by atoms with Crippen LogP contribution in [0.3, 0.4) is 0 Å². The summed E-state index contributed by atoms with van der Waals surface area (Å²) in [6.45, 7) is 5.42. The van der Waals surface area contributed by atoms with Gasteiger partial charge in [0.25, 0.3) is 0 Å². The summed E-state index contributed by atoms with van der Waals surface area (Å²) in [6.07, 6.45) is 0. The lowest BCUT2D eigenvalue weighted by molar-refractivity contribution is 0.0470. The zero-order valence-corrected chi connectivity index (χ0v) is 15.9. The van der Waals surface area contributed by atoms with Crippen molar-refractivity contribution < 1.29 is 17.6 Å². The summed E-state index contributed by atoms with van der Waals surface area (Å²) in [7, 11) is 0.184. The molecule has 0 aromatic carbocycles. The number of carbonyl (C=O) groups is 1. The van der Waals surface area contributed by atoms with E-state index in [0.29, 0.717) is 31.4 Å². The third-order valence-corrected chi connectivity index (χ3v) is 6.43. The van der Waals surface area contributed by atoms with Gasteiger partial charge in [0.1, 0.15) is 0 Å². The van der Waals surface area contributed by atoms with Crippen molar-refractivity contribution in [3.8, 4) is 0 Å². The monoisotopic (exact) mass is 371 g/mol. The van der Waals surface area contributed by atoms with Crippen LogP contribution in [0.2, 0.25) is 0 Å². The lowest BCUT2D eigenvalue weighted by Crippen LogP contribution is -2.61. The van der Waals surface area contributed by atoms with Crippen LogP contribution in [0, 0.1) is 0 Å². The lowest BCUT2D eigenvalue weighted by Gasteiger charge is -2.44. The smallest absolute Gasteiger partial charge is 0.319 e. The van der Waals surface area contributed by atoms with E-state index in [0.717, 1.165) is 0 Å². The molecule has 2 saturated heterocycles. The molecule has 25 heavy (non-hydrogen) atoms. The summed E-state index contributed by atoms with van der Waals surface area (Å²) in [5, 5.41) is 8.10. The molecule has 2 fully saturated rings. The van der Waals surface area contributed by atoms with Crippen LogP contribution in [0.15, 0.2) is 4.42 Å². The van der Waals surface area contributed by atoms with Gasteiger partial charge in [0.15, 0.2) is 9.84 Å². The molecule has 9 nitrogen and oxygen atoms in total. The largest absolute Gasteiger partial charge is 0.424 e. The maximum Gasteiger partial charge on any atom is 0.319 e. The fourth-order valence-corrected chi connectivity index (χ4v) is 5.46. The van der Waals surface area contributed by atoms with Crippen molar-refractivity contribution in [1.29, 1.82) is 0 Å². The zero-order chi connectivity index (χ0) is 18.4. The number of piperazine rings is 1. The molecule has 1 aromatic rings. The number of nitrogens with zero attached hydrogens (tertiary/aromatic N) is 5. The minimum absolute atomic E-state index is 0.00875. The summed E-state index contributed by atoms with van der Waals surface area (Å²) in [5.74, 6) is 1.27. The second-order valence-electron chi connectivity index (χ2n) is 7.24. The van der Waals surface area contributed by atoms with Crippen LogP contribution in [0.5, 0.6) is 0 Å². The van der Waals surface area contributed by atoms with E-state index in [2.05, 4.69) is 10.2 Å². The highest BCUT2D eigenvalue weighted by Crippen LogP contribution is 2.28. The van der Waals surface area contributed by atoms with Crippen molar-refractivity contribution >= 4 is 15.9 Å². The Balaban J connectivity index is 1.79. The Morgan fingerprint density at radius 2 is 1.92 bits per heavy atom. The third-order valence-electron chi connectivity index (χ3n) is 4.73. The Morgan fingerprint density at radius 1 is 1.24 bits per heavy atom. The Labute approximate surface area is 147 Å². The number of urea groups is 1. The summed E-state index contributed by atoms with van der Waals surface area (Å²) in [5.41, 5.74) is 0. The first kappa shape index (κ1) is 18.1. The number of fused-ring (bicyclic) bond motifs is 1. The van der Waals surface area contributed by atoms with Crippen molar-refractivity contribution in [2.75, 3.05) is 38.7 Å². The first-order valence-electron chi connectivity index (χ1n) is 8.42. The van der Waals surface area contributed by atoms with Gasteiger partial charge >= 0.3 is 6.03 Å². The molecule has 2 unspecified atom stereocenters. The van der Waals surface area contributed by atoms with Gasteiger partial charge in [0.2, 0.25) is 11.8 Å². The fraction of sp³-hybridized carbons (Fsp3) is 0.800. The predicted octanol–water partition coefficient (Wildman–Crippen LogP) is 0.158. The molecule has 0 bridgehead atoms. The number of sulfone groups is 1. The maximum absolute atomic E-state index is 12.4. The summed E-state index contributed by atoms with van der Waals surface area (Å²) < 4.78 is 30.1. The molecule has 2 amide bonds. The molecule has 0 aliphatic carbocycles. The molecular formula is C15H25N5O4S. The molecule has 2 atom stereocenters. The van der Waals surface area contributed by atoms with E-state index in [-0.39, 0.29) is 35.5 Å². The first-order chi connectivity index (χ1) is 11.7. The van der Waals surface area contributed by atoms with Gasteiger partial charge in [-0.3, -0.25) is 4.90 Å². The third kappa shape index (κ3) is 3.64. The van der Waals surface area contributed by atoms with Gasteiger partial charge < -0.3 is 14.2 Å². The highest BCUT2D eigenvalue weighted by molar-refractivity contribution is 7.91. The average molecular weight is 371 g/mol. The van der Waals surface area contributed by atoms with Crippen LogP contribution < -0.4 is 0 Å². The van der Waals surface area contributed by atoms with Crippen molar-refractivity contribution in [3.63, 3.8) is 0 Å². The molecule has 0 N–H and O–H groups in total. The Hall–Kier alpha value is -1.68. The molecule has 0 spiro atoms. The van der Waals surface area contributed by atoms with Crippen LogP contribution in [0.25, 0.3) is 0 Å². The van der Waals surface area contributed by atoms with Crippen molar-refractivity contribution in [2.45, 2.75) is 38.4 Å². The molecule has 2 aliphatic rings. The fourth-order valence-electron chi connectivity index (χ4n) is 3.45. The van der Waals surface area contributed by atoms with Crippen LogP contribution in [0.4, 0.5) is 4.79 Å². The second-order valence-corrected chi connectivity index (χ2v) is 9.40. The molecule has 0 radical (unpaired) electrons.